The maximum Gasteiger partial charge on any atom is 0.328 e. The smallest absolute Gasteiger partial charge is 0.328 e. The third-order valence-corrected chi connectivity index (χ3v) is 8.27. The highest BCUT2D eigenvalue weighted by molar-refractivity contribution is 7.93. The van der Waals surface area contributed by atoms with Crippen LogP contribution in [0.4, 0.5) is 5.69 Å². The molecule has 1 N–H and O–H groups in total. The van der Waals surface area contributed by atoms with E-state index in [9.17, 15) is 18.0 Å². The minimum Gasteiger partial charge on any atom is -0.495 e. The van der Waals surface area contributed by atoms with Crippen molar-refractivity contribution >= 4 is 27.4 Å². The maximum absolute atomic E-state index is 13.6. The molecule has 0 aliphatic heterocycles. The lowest BCUT2D eigenvalue weighted by Crippen LogP contribution is -2.46. The summed E-state index contributed by atoms with van der Waals surface area (Å²) >= 11 is 0. The van der Waals surface area contributed by atoms with Gasteiger partial charge in [-0.15, -0.1) is 0 Å². The standard InChI is InChI=1S/C23H27NO6S/c1-16-10-11-17(2)20(14-16)31(27,28)23(12-6-7-13-23)22(26)30-15-21(25)24-18-8-4-5-9-19(18)29-3/h4-5,8-11,14H,6-7,12-13,15H2,1-3H3,(H,24,25). The van der Waals surface area contributed by atoms with Crippen LogP contribution in [0, 0.1) is 13.8 Å². The Bertz CT molecular complexity index is 1090. The van der Waals surface area contributed by atoms with E-state index in [2.05, 4.69) is 5.32 Å². The van der Waals surface area contributed by atoms with Crippen molar-refractivity contribution in [3.63, 3.8) is 0 Å². The number of benzene rings is 2. The van der Waals surface area contributed by atoms with E-state index < -0.39 is 33.1 Å². The predicted octanol–water partition coefficient (Wildman–Crippen LogP) is 3.58. The minimum absolute atomic E-state index is 0.143. The first-order valence-corrected chi connectivity index (χ1v) is 11.6. The van der Waals surface area contributed by atoms with Gasteiger partial charge in [0.25, 0.3) is 5.91 Å². The van der Waals surface area contributed by atoms with Crippen LogP contribution in [-0.4, -0.2) is 38.8 Å². The lowest BCUT2D eigenvalue weighted by atomic mass is 10.1. The van der Waals surface area contributed by atoms with Crippen LogP contribution in [0.1, 0.15) is 36.8 Å². The fourth-order valence-electron chi connectivity index (χ4n) is 3.93. The van der Waals surface area contributed by atoms with Crippen molar-refractivity contribution in [3.05, 3.63) is 53.6 Å². The SMILES string of the molecule is COc1ccccc1NC(=O)COC(=O)C1(S(=O)(=O)c2cc(C)ccc2C)CCCC1. The number of ether oxygens (including phenoxy) is 2. The van der Waals surface area contributed by atoms with E-state index in [4.69, 9.17) is 9.47 Å². The molecule has 1 amide bonds. The summed E-state index contributed by atoms with van der Waals surface area (Å²) in [4.78, 5) is 25.5. The van der Waals surface area contributed by atoms with Crippen LogP contribution in [0.3, 0.4) is 0 Å². The zero-order chi connectivity index (χ0) is 22.6. The monoisotopic (exact) mass is 445 g/mol. The topological polar surface area (TPSA) is 98.8 Å². The minimum atomic E-state index is -4.00. The fraction of sp³-hybridized carbons (Fsp3) is 0.391. The van der Waals surface area contributed by atoms with Gasteiger partial charge in [0, 0.05) is 0 Å². The number of hydrogen-bond acceptors (Lipinski definition) is 6. The van der Waals surface area contributed by atoms with Crippen molar-refractivity contribution in [2.24, 2.45) is 0 Å². The average molecular weight is 446 g/mol. The quantitative estimate of drug-likeness (QED) is 0.654. The van der Waals surface area contributed by atoms with Gasteiger partial charge in [0.05, 0.1) is 17.7 Å². The van der Waals surface area contributed by atoms with E-state index in [-0.39, 0.29) is 17.7 Å². The van der Waals surface area contributed by atoms with Gasteiger partial charge in [0.15, 0.2) is 21.2 Å². The lowest BCUT2D eigenvalue weighted by Gasteiger charge is -2.27. The molecule has 1 fully saturated rings. The number of sulfone groups is 1. The molecule has 1 aliphatic carbocycles. The molecule has 0 aromatic heterocycles. The summed E-state index contributed by atoms with van der Waals surface area (Å²) in [5.74, 6) is -0.983. The van der Waals surface area contributed by atoms with E-state index >= 15 is 0 Å². The second-order valence-electron chi connectivity index (χ2n) is 7.80. The average Bonchev–Trinajstić information content (AvgIpc) is 3.26. The number of nitrogens with one attached hydrogen (secondary N) is 1. The molecule has 2 aromatic carbocycles. The van der Waals surface area contributed by atoms with Crippen molar-refractivity contribution in [2.75, 3.05) is 19.0 Å². The van der Waals surface area contributed by atoms with Gasteiger partial charge in [0.2, 0.25) is 0 Å². The van der Waals surface area contributed by atoms with Gasteiger partial charge in [-0.3, -0.25) is 9.59 Å². The number of amides is 1. The first-order valence-electron chi connectivity index (χ1n) is 10.1. The number of methoxy groups -OCH3 is 1. The third-order valence-electron chi connectivity index (χ3n) is 5.65. The highest BCUT2D eigenvalue weighted by Gasteiger charge is 2.54. The Kier molecular flexibility index (Phi) is 6.69. The van der Waals surface area contributed by atoms with E-state index in [0.29, 0.717) is 29.8 Å². The summed E-state index contributed by atoms with van der Waals surface area (Å²) in [7, 11) is -2.52. The molecule has 7 nitrogen and oxygen atoms in total. The normalized spacial score (nSPS) is 15.3. The van der Waals surface area contributed by atoms with Gasteiger partial charge in [-0.1, -0.05) is 37.1 Å². The number of rotatable bonds is 7. The van der Waals surface area contributed by atoms with E-state index in [1.807, 2.05) is 6.07 Å². The first-order chi connectivity index (χ1) is 14.7. The molecule has 0 radical (unpaired) electrons. The summed E-state index contributed by atoms with van der Waals surface area (Å²) in [6, 6.07) is 12.0. The Balaban J connectivity index is 1.79. The summed E-state index contributed by atoms with van der Waals surface area (Å²) in [6.45, 7) is 2.93. The number of carbonyl (C=O) groups excluding carboxylic acids is 2. The van der Waals surface area contributed by atoms with Crippen LogP contribution >= 0.6 is 0 Å². The number of aryl methyl sites for hydroxylation is 2. The summed E-state index contributed by atoms with van der Waals surface area (Å²) in [5, 5.41) is 2.62. The number of anilines is 1. The Morgan fingerprint density at radius 3 is 2.42 bits per heavy atom. The molecule has 0 saturated heterocycles. The molecular weight excluding hydrogens is 418 g/mol. The Labute approximate surface area is 182 Å². The largest absolute Gasteiger partial charge is 0.495 e. The molecule has 0 atom stereocenters. The van der Waals surface area contributed by atoms with Crippen LogP contribution < -0.4 is 10.1 Å². The number of carbonyl (C=O) groups is 2. The molecule has 0 spiro atoms. The van der Waals surface area contributed by atoms with Gasteiger partial charge < -0.3 is 14.8 Å². The van der Waals surface area contributed by atoms with Gasteiger partial charge in [-0.25, -0.2) is 8.42 Å². The van der Waals surface area contributed by atoms with Crippen molar-refractivity contribution < 1.29 is 27.5 Å². The van der Waals surface area contributed by atoms with Crippen molar-refractivity contribution in [1.82, 2.24) is 0 Å². The van der Waals surface area contributed by atoms with Crippen LogP contribution in [-0.2, 0) is 24.2 Å². The highest BCUT2D eigenvalue weighted by Crippen LogP contribution is 2.42. The van der Waals surface area contributed by atoms with Crippen molar-refractivity contribution in [2.45, 2.75) is 49.2 Å². The van der Waals surface area contributed by atoms with Gasteiger partial charge in [-0.05, 0) is 56.0 Å². The molecule has 2 aromatic rings. The molecule has 31 heavy (non-hydrogen) atoms. The zero-order valence-corrected chi connectivity index (χ0v) is 18.8. The Morgan fingerprint density at radius 1 is 1.06 bits per heavy atom. The van der Waals surface area contributed by atoms with Crippen LogP contribution in [0.5, 0.6) is 5.75 Å². The molecule has 8 heteroatoms. The molecule has 3 rings (SSSR count). The second kappa shape index (κ2) is 9.09. The van der Waals surface area contributed by atoms with Crippen LogP contribution in [0.25, 0.3) is 0 Å². The van der Waals surface area contributed by atoms with Crippen LogP contribution in [0.15, 0.2) is 47.4 Å². The predicted molar refractivity (Wildman–Crippen MR) is 117 cm³/mol. The molecule has 166 valence electrons. The number of hydrogen-bond donors (Lipinski definition) is 1. The summed E-state index contributed by atoms with van der Waals surface area (Å²) < 4.78 is 35.9. The second-order valence-corrected chi connectivity index (χ2v) is 10.0. The Morgan fingerprint density at radius 2 is 1.74 bits per heavy atom. The molecule has 1 aliphatic rings. The molecular formula is C23H27NO6S. The lowest BCUT2D eigenvalue weighted by molar-refractivity contribution is -0.149. The van der Waals surface area contributed by atoms with E-state index in [1.165, 1.54) is 7.11 Å². The summed E-state index contributed by atoms with van der Waals surface area (Å²) in [6.07, 6.45) is 1.56. The highest BCUT2D eigenvalue weighted by atomic mass is 32.2. The van der Waals surface area contributed by atoms with E-state index in [1.54, 1.807) is 50.2 Å². The molecule has 0 bridgehead atoms. The zero-order valence-electron chi connectivity index (χ0n) is 17.9. The fourth-order valence-corrected chi connectivity index (χ4v) is 6.29. The molecule has 1 saturated carbocycles. The number of para-hydroxylation sites is 2. The van der Waals surface area contributed by atoms with Crippen molar-refractivity contribution in [1.29, 1.82) is 0 Å². The molecule has 0 unspecified atom stereocenters. The van der Waals surface area contributed by atoms with Crippen LogP contribution in [0.2, 0.25) is 0 Å². The Hall–Kier alpha value is -2.87. The third kappa shape index (κ3) is 4.44. The van der Waals surface area contributed by atoms with Gasteiger partial charge in [0.1, 0.15) is 5.75 Å². The van der Waals surface area contributed by atoms with E-state index in [0.717, 1.165) is 5.56 Å². The first kappa shape index (κ1) is 22.8. The van der Waals surface area contributed by atoms with Crippen molar-refractivity contribution in [3.8, 4) is 5.75 Å². The van der Waals surface area contributed by atoms with Gasteiger partial charge in [-0.2, -0.15) is 0 Å². The molecule has 0 heterocycles. The summed E-state index contributed by atoms with van der Waals surface area (Å²) in [5.41, 5.74) is 1.81. The van der Waals surface area contributed by atoms with Gasteiger partial charge >= 0.3 is 5.97 Å². The number of esters is 1. The maximum atomic E-state index is 13.6.